The van der Waals surface area contributed by atoms with Crippen molar-refractivity contribution < 1.29 is 14.3 Å². The van der Waals surface area contributed by atoms with Crippen molar-refractivity contribution in [1.82, 2.24) is 9.88 Å². The molecule has 0 N–H and O–H groups in total. The van der Waals surface area contributed by atoms with Gasteiger partial charge in [-0.1, -0.05) is 19.9 Å². The molecule has 114 valence electrons. The van der Waals surface area contributed by atoms with Crippen LogP contribution >= 0.6 is 0 Å². The molecular weight excluding hydrogens is 268 g/mol. The zero-order chi connectivity index (χ0) is 15.4. The summed E-state index contributed by atoms with van der Waals surface area (Å²) in [5, 5.41) is 0. The van der Waals surface area contributed by atoms with Gasteiger partial charge in [0, 0.05) is 12.6 Å². The molecule has 1 fully saturated rings. The summed E-state index contributed by atoms with van der Waals surface area (Å²) < 4.78 is 4.64. The van der Waals surface area contributed by atoms with Gasteiger partial charge in [-0.3, -0.25) is 4.79 Å². The van der Waals surface area contributed by atoms with Crippen LogP contribution in [0.4, 0.5) is 0 Å². The second-order valence-corrected chi connectivity index (χ2v) is 5.81. The molecule has 5 heteroatoms. The summed E-state index contributed by atoms with van der Waals surface area (Å²) in [7, 11) is 1.30. The third-order valence-corrected chi connectivity index (χ3v) is 3.56. The molecular formula is C16H22N2O3. The van der Waals surface area contributed by atoms with Crippen molar-refractivity contribution in [2.24, 2.45) is 5.92 Å². The molecule has 0 radical (unpaired) electrons. The molecule has 0 spiro atoms. The maximum absolute atomic E-state index is 12.6. The van der Waals surface area contributed by atoms with E-state index in [2.05, 4.69) is 23.6 Å². The standard InChI is InChI=1S/C16H22N2O3/c1-11(2)9-10-18(12-7-8-12)15(19)13-5-4-6-14(17-13)16(20)21-3/h4-6,11-12H,7-10H2,1-3H3. The number of carbonyl (C=O) groups excluding carboxylic acids is 2. The summed E-state index contributed by atoms with van der Waals surface area (Å²) in [6, 6.07) is 5.21. The second kappa shape index (κ2) is 6.70. The number of rotatable bonds is 6. The average Bonchev–Trinajstić information content (AvgIpc) is 3.31. The van der Waals surface area contributed by atoms with Crippen LogP contribution in [0.5, 0.6) is 0 Å². The maximum atomic E-state index is 12.6. The molecule has 0 bridgehead atoms. The topological polar surface area (TPSA) is 59.5 Å². The summed E-state index contributed by atoms with van der Waals surface area (Å²) >= 11 is 0. The maximum Gasteiger partial charge on any atom is 0.356 e. The highest BCUT2D eigenvalue weighted by atomic mass is 16.5. The Hall–Kier alpha value is -1.91. The summed E-state index contributed by atoms with van der Waals surface area (Å²) in [5.74, 6) is -0.0675. The van der Waals surface area contributed by atoms with E-state index in [9.17, 15) is 9.59 Å². The molecule has 1 aromatic rings. The summed E-state index contributed by atoms with van der Waals surface area (Å²) in [6.45, 7) is 5.03. The van der Waals surface area contributed by atoms with Gasteiger partial charge in [0.2, 0.25) is 0 Å². The molecule has 2 rings (SSSR count). The Balaban J connectivity index is 2.14. The van der Waals surface area contributed by atoms with E-state index in [0.29, 0.717) is 17.7 Å². The first kappa shape index (κ1) is 15.5. The fraction of sp³-hybridized carbons (Fsp3) is 0.562. The zero-order valence-corrected chi connectivity index (χ0v) is 12.8. The summed E-state index contributed by atoms with van der Waals surface area (Å²) in [4.78, 5) is 30.2. The average molecular weight is 290 g/mol. The summed E-state index contributed by atoms with van der Waals surface area (Å²) in [5.41, 5.74) is 0.483. The first-order valence-corrected chi connectivity index (χ1v) is 7.39. The van der Waals surface area contributed by atoms with E-state index < -0.39 is 5.97 Å². The lowest BCUT2D eigenvalue weighted by Gasteiger charge is -2.23. The molecule has 1 aromatic heterocycles. The van der Waals surface area contributed by atoms with Crippen LogP contribution in [-0.4, -0.2) is 41.5 Å². The Labute approximate surface area is 125 Å². The van der Waals surface area contributed by atoms with Crippen molar-refractivity contribution in [1.29, 1.82) is 0 Å². The highest BCUT2D eigenvalue weighted by molar-refractivity contribution is 5.94. The fourth-order valence-corrected chi connectivity index (χ4v) is 2.15. The number of hydrogen-bond donors (Lipinski definition) is 0. The van der Waals surface area contributed by atoms with Gasteiger partial charge in [-0.25, -0.2) is 9.78 Å². The van der Waals surface area contributed by atoms with E-state index in [1.807, 2.05) is 4.90 Å². The van der Waals surface area contributed by atoms with Gasteiger partial charge in [0.25, 0.3) is 5.91 Å². The van der Waals surface area contributed by atoms with Crippen molar-refractivity contribution in [3.63, 3.8) is 0 Å². The Bertz CT molecular complexity index is 524. The Morgan fingerprint density at radius 3 is 2.57 bits per heavy atom. The van der Waals surface area contributed by atoms with Crippen LogP contribution in [0.1, 0.15) is 54.1 Å². The number of aromatic nitrogens is 1. The number of esters is 1. The number of pyridine rings is 1. The SMILES string of the molecule is COC(=O)c1cccc(C(=O)N(CCC(C)C)C2CC2)n1. The van der Waals surface area contributed by atoms with E-state index in [0.717, 1.165) is 25.8 Å². The van der Waals surface area contributed by atoms with Crippen LogP contribution in [0, 0.1) is 5.92 Å². The second-order valence-electron chi connectivity index (χ2n) is 5.81. The first-order valence-electron chi connectivity index (χ1n) is 7.39. The molecule has 21 heavy (non-hydrogen) atoms. The van der Waals surface area contributed by atoms with Crippen molar-refractivity contribution >= 4 is 11.9 Å². The van der Waals surface area contributed by atoms with Gasteiger partial charge in [-0.2, -0.15) is 0 Å². The largest absolute Gasteiger partial charge is 0.464 e. The van der Waals surface area contributed by atoms with Crippen LogP contribution in [0.25, 0.3) is 0 Å². The predicted molar refractivity (Wildman–Crippen MR) is 79.1 cm³/mol. The number of methoxy groups -OCH3 is 1. The van der Waals surface area contributed by atoms with Crippen molar-refractivity contribution in [3.05, 3.63) is 29.6 Å². The van der Waals surface area contributed by atoms with E-state index in [4.69, 9.17) is 0 Å². The van der Waals surface area contributed by atoms with Crippen molar-refractivity contribution in [2.75, 3.05) is 13.7 Å². The monoisotopic (exact) mass is 290 g/mol. The molecule has 1 saturated carbocycles. The molecule has 1 amide bonds. The minimum Gasteiger partial charge on any atom is -0.464 e. The van der Waals surface area contributed by atoms with Crippen LogP contribution in [-0.2, 0) is 4.74 Å². The molecule has 1 aliphatic carbocycles. The molecule has 1 aliphatic rings. The molecule has 0 aliphatic heterocycles. The quantitative estimate of drug-likeness (QED) is 0.755. The number of hydrogen-bond acceptors (Lipinski definition) is 4. The minimum absolute atomic E-state index is 0.0936. The van der Waals surface area contributed by atoms with Gasteiger partial charge >= 0.3 is 5.97 Å². The van der Waals surface area contributed by atoms with Gasteiger partial charge in [0.05, 0.1) is 7.11 Å². The number of carbonyl (C=O) groups is 2. The van der Waals surface area contributed by atoms with Gasteiger partial charge in [-0.15, -0.1) is 0 Å². The van der Waals surface area contributed by atoms with E-state index in [1.54, 1.807) is 18.2 Å². The van der Waals surface area contributed by atoms with Gasteiger partial charge in [-0.05, 0) is 37.3 Å². The highest BCUT2D eigenvalue weighted by Gasteiger charge is 2.33. The lowest BCUT2D eigenvalue weighted by Crippen LogP contribution is -2.35. The lowest BCUT2D eigenvalue weighted by atomic mass is 10.1. The van der Waals surface area contributed by atoms with Gasteiger partial charge in [0.1, 0.15) is 11.4 Å². The van der Waals surface area contributed by atoms with Crippen molar-refractivity contribution in [2.45, 2.75) is 39.2 Å². The number of ether oxygens (including phenoxy) is 1. The normalized spacial score (nSPS) is 14.1. The molecule has 0 aromatic carbocycles. The van der Waals surface area contributed by atoms with Crippen LogP contribution in [0.3, 0.4) is 0 Å². The van der Waals surface area contributed by atoms with Gasteiger partial charge < -0.3 is 9.64 Å². The lowest BCUT2D eigenvalue weighted by molar-refractivity contribution is 0.0593. The first-order chi connectivity index (χ1) is 10.0. The molecule has 0 atom stereocenters. The Morgan fingerprint density at radius 2 is 2.00 bits per heavy atom. The van der Waals surface area contributed by atoms with Crippen LogP contribution < -0.4 is 0 Å². The summed E-state index contributed by atoms with van der Waals surface area (Å²) in [6.07, 6.45) is 3.08. The van der Waals surface area contributed by atoms with E-state index in [1.165, 1.54) is 7.11 Å². The number of nitrogens with zero attached hydrogens (tertiary/aromatic N) is 2. The molecule has 5 nitrogen and oxygen atoms in total. The molecule has 1 heterocycles. The molecule has 0 unspecified atom stereocenters. The van der Waals surface area contributed by atoms with E-state index in [-0.39, 0.29) is 11.6 Å². The van der Waals surface area contributed by atoms with Crippen LogP contribution in [0.15, 0.2) is 18.2 Å². The zero-order valence-electron chi connectivity index (χ0n) is 12.8. The smallest absolute Gasteiger partial charge is 0.356 e. The highest BCUT2D eigenvalue weighted by Crippen LogP contribution is 2.28. The van der Waals surface area contributed by atoms with E-state index >= 15 is 0 Å². The Kier molecular flexibility index (Phi) is 4.94. The minimum atomic E-state index is -0.523. The Morgan fingerprint density at radius 1 is 1.33 bits per heavy atom. The fourth-order valence-electron chi connectivity index (χ4n) is 2.15. The van der Waals surface area contributed by atoms with Crippen molar-refractivity contribution in [3.8, 4) is 0 Å². The molecule has 0 saturated heterocycles. The predicted octanol–water partition coefficient (Wildman–Crippen LogP) is 2.52. The third kappa shape index (κ3) is 4.03. The van der Waals surface area contributed by atoms with Crippen LogP contribution in [0.2, 0.25) is 0 Å². The number of amides is 1. The third-order valence-electron chi connectivity index (χ3n) is 3.56. The van der Waals surface area contributed by atoms with Gasteiger partial charge in [0.15, 0.2) is 0 Å².